The maximum absolute atomic E-state index is 5.35. The molecule has 0 bridgehead atoms. The van der Waals surface area contributed by atoms with Crippen LogP contribution in [0.4, 0.5) is 0 Å². The van der Waals surface area contributed by atoms with Crippen LogP contribution in [0.15, 0.2) is 0 Å². The molecular formula is C16H30N4O2S2. The van der Waals surface area contributed by atoms with Crippen LogP contribution >= 0.6 is 24.4 Å². The lowest BCUT2D eigenvalue weighted by Gasteiger charge is -2.26. The third-order valence-corrected chi connectivity index (χ3v) is 5.11. The van der Waals surface area contributed by atoms with Crippen molar-refractivity contribution < 1.29 is 9.47 Å². The summed E-state index contributed by atoms with van der Waals surface area (Å²) < 4.78 is 10.7. The van der Waals surface area contributed by atoms with Gasteiger partial charge in [-0.15, -0.1) is 0 Å². The Hall–Kier alpha value is -0.380. The summed E-state index contributed by atoms with van der Waals surface area (Å²) >= 11 is 10.7. The maximum Gasteiger partial charge on any atom is 0.134 e. The molecule has 0 amide bonds. The van der Waals surface area contributed by atoms with Crippen molar-refractivity contribution in [1.82, 2.24) is 20.4 Å². The topological polar surface area (TPSA) is 49.0 Å². The number of nitrogens with one attached hydrogen (secondary N) is 2. The molecule has 0 aromatic carbocycles. The summed E-state index contributed by atoms with van der Waals surface area (Å²) in [5.41, 5.74) is 0. The van der Waals surface area contributed by atoms with Crippen LogP contribution in [0.25, 0.3) is 0 Å². The number of thiocarbonyl (C=S) groups is 2. The number of ether oxygens (including phenoxy) is 2. The van der Waals surface area contributed by atoms with Gasteiger partial charge in [-0.05, 0) is 25.9 Å². The summed E-state index contributed by atoms with van der Waals surface area (Å²) in [6.45, 7) is 11.4. The number of rotatable bonds is 8. The van der Waals surface area contributed by atoms with Gasteiger partial charge in [0.1, 0.15) is 9.98 Å². The Bertz CT molecular complexity index is 350. The van der Waals surface area contributed by atoms with Gasteiger partial charge >= 0.3 is 0 Å². The van der Waals surface area contributed by atoms with Gasteiger partial charge in [-0.1, -0.05) is 24.4 Å². The van der Waals surface area contributed by atoms with Gasteiger partial charge in [-0.2, -0.15) is 0 Å². The fraction of sp³-hybridized carbons (Fsp3) is 0.875. The summed E-state index contributed by atoms with van der Waals surface area (Å²) in [5.74, 6) is 0. The molecule has 2 saturated heterocycles. The van der Waals surface area contributed by atoms with Crippen molar-refractivity contribution >= 4 is 34.4 Å². The number of nitrogens with zero attached hydrogens (tertiary/aromatic N) is 2. The predicted molar refractivity (Wildman–Crippen MR) is 105 cm³/mol. The first-order valence-corrected chi connectivity index (χ1v) is 9.73. The molecule has 0 aromatic heterocycles. The fourth-order valence-corrected chi connectivity index (χ4v) is 3.17. The van der Waals surface area contributed by atoms with Crippen LogP contribution in [-0.2, 0) is 9.47 Å². The van der Waals surface area contributed by atoms with Crippen molar-refractivity contribution in [2.24, 2.45) is 0 Å². The van der Waals surface area contributed by atoms with E-state index in [0.29, 0.717) is 9.98 Å². The second-order valence-corrected chi connectivity index (χ2v) is 6.94. The second-order valence-electron chi connectivity index (χ2n) is 6.13. The van der Waals surface area contributed by atoms with E-state index in [1.807, 2.05) is 0 Å². The van der Waals surface area contributed by atoms with E-state index in [2.05, 4.69) is 20.4 Å². The molecule has 0 spiro atoms. The van der Waals surface area contributed by atoms with Gasteiger partial charge in [0.2, 0.25) is 0 Å². The smallest absolute Gasteiger partial charge is 0.134 e. The third-order valence-electron chi connectivity index (χ3n) is 4.29. The molecule has 0 atom stereocenters. The van der Waals surface area contributed by atoms with E-state index in [9.17, 15) is 0 Å². The summed E-state index contributed by atoms with van der Waals surface area (Å²) in [6.07, 6.45) is 2.14. The number of hydrogen-bond donors (Lipinski definition) is 2. The first-order chi connectivity index (χ1) is 11.8. The zero-order valence-electron chi connectivity index (χ0n) is 14.4. The van der Waals surface area contributed by atoms with Crippen molar-refractivity contribution in [2.45, 2.75) is 12.8 Å². The fourth-order valence-electron chi connectivity index (χ4n) is 2.82. The number of morpholine rings is 2. The lowest BCUT2D eigenvalue weighted by molar-refractivity contribution is 0.0375. The Morgan fingerprint density at radius 3 is 1.46 bits per heavy atom. The Morgan fingerprint density at radius 1 is 0.708 bits per heavy atom. The molecular weight excluding hydrogens is 344 g/mol. The molecule has 2 aliphatic heterocycles. The maximum atomic E-state index is 5.35. The Kier molecular flexibility index (Phi) is 10.0. The zero-order chi connectivity index (χ0) is 17.0. The molecule has 2 aliphatic rings. The lowest BCUT2D eigenvalue weighted by Crippen LogP contribution is -2.41. The Balaban J connectivity index is 1.45. The highest BCUT2D eigenvalue weighted by Gasteiger charge is 2.11. The largest absolute Gasteiger partial charge is 0.379 e. The highest BCUT2D eigenvalue weighted by molar-refractivity contribution is 7.89. The Morgan fingerprint density at radius 2 is 1.08 bits per heavy atom. The average Bonchev–Trinajstić information content (AvgIpc) is 2.63. The van der Waals surface area contributed by atoms with Crippen LogP contribution in [0.5, 0.6) is 0 Å². The molecule has 8 heteroatoms. The lowest BCUT2D eigenvalue weighted by atomic mass is 10.3. The van der Waals surface area contributed by atoms with Crippen LogP contribution in [0, 0.1) is 0 Å². The van der Waals surface area contributed by atoms with E-state index >= 15 is 0 Å². The van der Waals surface area contributed by atoms with Gasteiger partial charge in [0.25, 0.3) is 0 Å². The summed E-state index contributed by atoms with van der Waals surface area (Å²) in [4.78, 5) is 6.18. The van der Waals surface area contributed by atoms with Gasteiger partial charge in [0.15, 0.2) is 0 Å². The average molecular weight is 375 g/mol. The molecule has 2 heterocycles. The van der Waals surface area contributed by atoms with E-state index in [1.165, 1.54) is 0 Å². The first-order valence-electron chi connectivity index (χ1n) is 8.92. The standard InChI is InChI=1S/C16H30N4O2S2/c23-15(17-3-1-5-19-7-11-21-12-8-19)16(24)18-4-2-6-20-9-13-22-14-10-20/h1-14H2,(H,17,23)(H,18,24). The summed E-state index contributed by atoms with van der Waals surface area (Å²) in [5, 5.41) is 6.51. The summed E-state index contributed by atoms with van der Waals surface area (Å²) in [6, 6.07) is 0. The highest BCUT2D eigenvalue weighted by Crippen LogP contribution is 1.98. The SMILES string of the molecule is S=C(NCCCN1CCOCC1)C(=S)NCCCN1CCOCC1. The molecule has 0 aliphatic carbocycles. The molecule has 0 aromatic rings. The van der Waals surface area contributed by atoms with Crippen LogP contribution in [0.1, 0.15) is 12.8 Å². The normalized spacial score (nSPS) is 19.8. The molecule has 24 heavy (non-hydrogen) atoms. The van der Waals surface area contributed by atoms with Crippen molar-refractivity contribution in [1.29, 1.82) is 0 Å². The van der Waals surface area contributed by atoms with Gasteiger partial charge in [-0.25, -0.2) is 0 Å². The summed E-state index contributed by atoms with van der Waals surface area (Å²) in [7, 11) is 0. The van der Waals surface area contributed by atoms with Gasteiger partial charge < -0.3 is 20.1 Å². The zero-order valence-corrected chi connectivity index (χ0v) is 16.1. The van der Waals surface area contributed by atoms with Gasteiger partial charge in [0.05, 0.1) is 26.4 Å². The van der Waals surface area contributed by atoms with Crippen molar-refractivity contribution in [3.05, 3.63) is 0 Å². The van der Waals surface area contributed by atoms with E-state index in [-0.39, 0.29) is 0 Å². The predicted octanol–water partition coefficient (Wildman–Crippen LogP) is 0.265. The second kappa shape index (κ2) is 12.1. The minimum Gasteiger partial charge on any atom is -0.379 e. The molecule has 2 fully saturated rings. The molecule has 2 rings (SSSR count). The first kappa shape index (κ1) is 19.9. The van der Waals surface area contributed by atoms with Crippen LogP contribution in [0.2, 0.25) is 0 Å². The minimum absolute atomic E-state index is 0.665. The van der Waals surface area contributed by atoms with E-state index in [1.54, 1.807) is 0 Å². The molecule has 0 unspecified atom stereocenters. The van der Waals surface area contributed by atoms with E-state index < -0.39 is 0 Å². The molecule has 2 N–H and O–H groups in total. The molecule has 138 valence electrons. The van der Waals surface area contributed by atoms with Crippen LogP contribution in [0.3, 0.4) is 0 Å². The monoisotopic (exact) mass is 374 g/mol. The quantitative estimate of drug-likeness (QED) is 0.464. The van der Waals surface area contributed by atoms with Crippen LogP contribution in [-0.4, -0.2) is 98.6 Å². The minimum atomic E-state index is 0.665. The molecule has 0 saturated carbocycles. The highest BCUT2D eigenvalue weighted by atomic mass is 32.1. The van der Waals surface area contributed by atoms with Crippen molar-refractivity contribution in [3.63, 3.8) is 0 Å². The van der Waals surface area contributed by atoms with Crippen molar-refractivity contribution in [3.8, 4) is 0 Å². The van der Waals surface area contributed by atoms with Crippen LogP contribution < -0.4 is 10.6 Å². The van der Waals surface area contributed by atoms with E-state index in [0.717, 1.165) is 91.6 Å². The van der Waals surface area contributed by atoms with Crippen molar-refractivity contribution in [2.75, 3.05) is 78.8 Å². The Labute approximate surface area is 156 Å². The van der Waals surface area contributed by atoms with E-state index in [4.69, 9.17) is 33.9 Å². The van der Waals surface area contributed by atoms with Gasteiger partial charge in [-0.3, -0.25) is 9.80 Å². The molecule has 0 radical (unpaired) electrons. The molecule has 6 nitrogen and oxygen atoms in total. The number of hydrogen-bond acceptors (Lipinski definition) is 6. The third kappa shape index (κ3) is 8.13. The van der Waals surface area contributed by atoms with Gasteiger partial charge in [0, 0.05) is 39.3 Å².